The molecule has 0 spiro atoms. The molecule has 5 rings (SSSR count). The Bertz CT molecular complexity index is 974. The Balaban J connectivity index is 1.40. The zero-order valence-corrected chi connectivity index (χ0v) is 20.5. The monoisotopic (exact) mass is 455 g/mol. The number of benzene rings is 1. The summed E-state index contributed by atoms with van der Waals surface area (Å²) >= 11 is 0. The fourth-order valence-electron chi connectivity index (χ4n) is 6.89. The van der Waals surface area contributed by atoms with E-state index in [2.05, 4.69) is 43.9 Å². The minimum Gasteiger partial charge on any atom is -0.493 e. The first-order chi connectivity index (χ1) is 15.8. The lowest BCUT2D eigenvalue weighted by atomic mass is 9.55. The van der Waals surface area contributed by atoms with Crippen LogP contribution in [0.25, 0.3) is 0 Å². The number of hydrogen-bond acceptors (Lipinski definition) is 6. The number of ether oxygens (including phenoxy) is 3. The average molecular weight is 456 g/mol. The highest BCUT2D eigenvalue weighted by Crippen LogP contribution is 2.56. The molecule has 1 N–H and O–H groups in total. The molecule has 1 aromatic carbocycles. The molecule has 0 radical (unpaired) electrons. The molecule has 2 fully saturated rings. The van der Waals surface area contributed by atoms with Gasteiger partial charge in [-0.05, 0) is 55.4 Å². The Morgan fingerprint density at radius 2 is 1.85 bits per heavy atom. The topological polar surface area (TPSA) is 68.2 Å². The van der Waals surface area contributed by atoms with Crippen LogP contribution in [0, 0.1) is 23.2 Å². The van der Waals surface area contributed by atoms with Crippen molar-refractivity contribution in [2.24, 2.45) is 23.2 Å². The van der Waals surface area contributed by atoms with E-state index < -0.39 is 6.10 Å². The van der Waals surface area contributed by atoms with Gasteiger partial charge in [0.1, 0.15) is 6.10 Å². The molecule has 2 aliphatic heterocycles. The maximum Gasteiger partial charge on any atom is 0.311 e. The van der Waals surface area contributed by atoms with E-state index in [4.69, 9.17) is 14.2 Å². The van der Waals surface area contributed by atoms with Crippen molar-refractivity contribution in [1.82, 2.24) is 4.90 Å². The molecule has 33 heavy (non-hydrogen) atoms. The first kappa shape index (κ1) is 22.7. The highest BCUT2D eigenvalue weighted by Gasteiger charge is 2.60. The number of carbonyl (C=O) groups is 1. The van der Waals surface area contributed by atoms with Gasteiger partial charge in [-0.2, -0.15) is 0 Å². The molecule has 0 aromatic heterocycles. The van der Waals surface area contributed by atoms with Gasteiger partial charge in [0, 0.05) is 36.9 Å². The highest BCUT2D eigenvalue weighted by atomic mass is 16.6. The Morgan fingerprint density at radius 3 is 2.55 bits per heavy atom. The average Bonchev–Trinajstić information content (AvgIpc) is 3.10. The van der Waals surface area contributed by atoms with Crippen molar-refractivity contribution >= 4 is 5.97 Å². The Hall–Kier alpha value is -2.05. The quantitative estimate of drug-likeness (QED) is 0.551. The largest absolute Gasteiger partial charge is 0.493 e. The normalized spacial score (nSPS) is 38.0. The second-order valence-corrected chi connectivity index (χ2v) is 10.8. The molecule has 0 amide bonds. The summed E-state index contributed by atoms with van der Waals surface area (Å²) in [5, 5.41) is 11.6. The fourth-order valence-corrected chi connectivity index (χ4v) is 6.89. The number of carbonyl (C=O) groups excluding carboxylic acids is 1. The summed E-state index contributed by atoms with van der Waals surface area (Å²) in [5.41, 5.74) is 3.48. The van der Waals surface area contributed by atoms with Crippen LogP contribution in [0.5, 0.6) is 11.5 Å². The molecule has 0 unspecified atom stereocenters. The van der Waals surface area contributed by atoms with Crippen molar-refractivity contribution in [3.05, 3.63) is 34.9 Å². The SMILES string of the molecule is COc1cc2c(cc1OC)CN(C[C@@H]1C(=O)O[C@@H]3CC4=CCC[C@H](C)[C@@]4(C)[C@H](O)[C@H]13)[C@@H](C)C2. The number of methoxy groups -OCH3 is 2. The predicted octanol–water partition coefficient (Wildman–Crippen LogP) is 3.74. The maximum absolute atomic E-state index is 13.1. The number of rotatable bonds is 4. The Labute approximate surface area is 196 Å². The third-order valence-corrected chi connectivity index (χ3v) is 9.22. The number of allylic oxidation sites excluding steroid dienone is 1. The Kier molecular flexibility index (Phi) is 5.73. The first-order valence-electron chi connectivity index (χ1n) is 12.3. The molecule has 2 heterocycles. The summed E-state index contributed by atoms with van der Waals surface area (Å²) in [5.74, 6) is 1.27. The second-order valence-electron chi connectivity index (χ2n) is 10.8. The third kappa shape index (κ3) is 3.48. The minimum absolute atomic E-state index is 0.148. The van der Waals surface area contributed by atoms with Gasteiger partial charge in [-0.3, -0.25) is 9.69 Å². The van der Waals surface area contributed by atoms with E-state index in [9.17, 15) is 9.90 Å². The van der Waals surface area contributed by atoms with E-state index in [0.717, 1.165) is 43.7 Å². The van der Waals surface area contributed by atoms with E-state index in [0.29, 0.717) is 12.5 Å². The van der Waals surface area contributed by atoms with Crippen LogP contribution in [0.2, 0.25) is 0 Å². The summed E-state index contributed by atoms with van der Waals surface area (Å²) in [6.45, 7) is 8.00. The van der Waals surface area contributed by atoms with Gasteiger partial charge in [-0.15, -0.1) is 0 Å². The number of nitrogens with zero attached hydrogens (tertiary/aromatic N) is 1. The van der Waals surface area contributed by atoms with Crippen LogP contribution in [-0.2, 0) is 22.5 Å². The molecule has 1 saturated carbocycles. The summed E-state index contributed by atoms with van der Waals surface area (Å²) in [6, 6.07) is 4.41. The predicted molar refractivity (Wildman–Crippen MR) is 125 cm³/mol. The number of aliphatic hydroxyl groups is 1. The molecule has 1 aromatic rings. The molecule has 0 bridgehead atoms. The summed E-state index contributed by atoms with van der Waals surface area (Å²) in [7, 11) is 3.32. The molecule has 4 aliphatic rings. The summed E-state index contributed by atoms with van der Waals surface area (Å²) < 4.78 is 16.9. The van der Waals surface area contributed by atoms with E-state index in [1.165, 1.54) is 16.7 Å². The lowest BCUT2D eigenvalue weighted by molar-refractivity contribution is -0.145. The maximum atomic E-state index is 13.1. The van der Waals surface area contributed by atoms with E-state index in [-0.39, 0.29) is 35.4 Å². The van der Waals surface area contributed by atoms with Crippen molar-refractivity contribution in [3.8, 4) is 11.5 Å². The first-order valence-corrected chi connectivity index (χ1v) is 12.3. The van der Waals surface area contributed by atoms with Crippen LogP contribution in [-0.4, -0.2) is 55.0 Å². The Morgan fingerprint density at radius 1 is 1.15 bits per heavy atom. The minimum atomic E-state index is -0.564. The number of hydrogen-bond donors (Lipinski definition) is 1. The van der Waals surface area contributed by atoms with E-state index in [1.54, 1.807) is 14.2 Å². The third-order valence-electron chi connectivity index (χ3n) is 9.22. The number of esters is 1. The molecule has 1 saturated heterocycles. The van der Waals surface area contributed by atoms with Gasteiger partial charge >= 0.3 is 5.97 Å². The lowest BCUT2D eigenvalue weighted by Crippen LogP contribution is -2.55. The van der Waals surface area contributed by atoms with Crippen molar-refractivity contribution in [3.63, 3.8) is 0 Å². The van der Waals surface area contributed by atoms with Gasteiger partial charge in [0.25, 0.3) is 0 Å². The van der Waals surface area contributed by atoms with Crippen molar-refractivity contribution in [2.75, 3.05) is 20.8 Å². The van der Waals surface area contributed by atoms with Crippen molar-refractivity contribution in [2.45, 2.75) is 71.2 Å². The number of fused-ring (bicyclic) bond motifs is 3. The zero-order valence-electron chi connectivity index (χ0n) is 20.5. The van der Waals surface area contributed by atoms with Crippen molar-refractivity contribution < 1.29 is 24.1 Å². The van der Waals surface area contributed by atoms with E-state index in [1.807, 2.05) is 0 Å². The lowest BCUT2D eigenvalue weighted by Gasteiger charge is -2.52. The number of aliphatic hydroxyl groups excluding tert-OH is 1. The molecule has 6 heteroatoms. The van der Waals surface area contributed by atoms with Gasteiger partial charge in [0.2, 0.25) is 0 Å². The standard InChI is InChI=1S/C27H37NO5/c1-15-7-6-8-19-12-23-24(25(29)27(15,19)3)20(26(30)33-23)14-28-13-18-11-22(32-5)21(31-4)10-17(18)9-16(28)2/h8,10-11,15-16,20,23-25,29H,6-7,9,12-14H2,1-5H3/t15-,16-,20-,23+,24+,25+,27+/m0/s1. The molecule has 180 valence electrons. The van der Waals surface area contributed by atoms with Crippen LogP contribution in [0.15, 0.2) is 23.8 Å². The molecular formula is C27H37NO5. The van der Waals surface area contributed by atoms with E-state index >= 15 is 0 Å². The molecule has 2 aliphatic carbocycles. The zero-order chi connectivity index (χ0) is 23.5. The molecule has 6 nitrogen and oxygen atoms in total. The van der Waals surface area contributed by atoms with Crippen LogP contribution >= 0.6 is 0 Å². The van der Waals surface area contributed by atoms with Crippen molar-refractivity contribution in [1.29, 1.82) is 0 Å². The summed E-state index contributed by atoms with van der Waals surface area (Å²) in [6.07, 6.45) is 5.29. The highest BCUT2D eigenvalue weighted by molar-refractivity contribution is 5.76. The van der Waals surface area contributed by atoms with Gasteiger partial charge < -0.3 is 19.3 Å². The van der Waals surface area contributed by atoms with Gasteiger partial charge in [0.05, 0.1) is 26.2 Å². The van der Waals surface area contributed by atoms with Crippen LogP contribution in [0.3, 0.4) is 0 Å². The molecule has 7 atom stereocenters. The van der Waals surface area contributed by atoms with Crippen LogP contribution < -0.4 is 9.47 Å². The fraction of sp³-hybridized carbons (Fsp3) is 0.667. The summed E-state index contributed by atoms with van der Waals surface area (Å²) in [4.78, 5) is 15.4. The molecular weight excluding hydrogens is 418 g/mol. The van der Waals surface area contributed by atoms with Gasteiger partial charge in [-0.25, -0.2) is 0 Å². The van der Waals surface area contributed by atoms with Crippen LogP contribution in [0.4, 0.5) is 0 Å². The van der Waals surface area contributed by atoms with Crippen LogP contribution in [0.1, 0.15) is 51.2 Å². The van der Waals surface area contributed by atoms with Gasteiger partial charge in [-0.1, -0.05) is 25.5 Å². The van der Waals surface area contributed by atoms with Gasteiger partial charge in [0.15, 0.2) is 11.5 Å². The smallest absolute Gasteiger partial charge is 0.311 e. The second kappa shape index (κ2) is 8.31.